The highest BCUT2D eigenvalue weighted by molar-refractivity contribution is 5.81. The minimum absolute atomic E-state index is 0.294. The maximum absolute atomic E-state index is 12.1. The summed E-state index contributed by atoms with van der Waals surface area (Å²) in [6.07, 6.45) is 0. The smallest absolute Gasteiger partial charge is 0.336 e. The van der Waals surface area contributed by atoms with Gasteiger partial charge in [0, 0.05) is 43.3 Å². The van der Waals surface area contributed by atoms with E-state index < -0.39 is 0 Å². The fourth-order valence-electron chi connectivity index (χ4n) is 4.01. The minimum Gasteiger partial charge on any atom is -0.423 e. The van der Waals surface area contributed by atoms with Gasteiger partial charge in [0.25, 0.3) is 0 Å². The Morgan fingerprint density at radius 3 is 2.45 bits per heavy atom. The molecule has 5 nitrogen and oxygen atoms in total. The molecule has 29 heavy (non-hydrogen) atoms. The number of benzene rings is 2. The highest BCUT2D eigenvalue weighted by Gasteiger charge is 2.16. The molecule has 1 aliphatic rings. The Labute approximate surface area is 171 Å². The van der Waals surface area contributed by atoms with Crippen LogP contribution >= 0.6 is 0 Å². The van der Waals surface area contributed by atoms with Gasteiger partial charge >= 0.3 is 5.63 Å². The van der Waals surface area contributed by atoms with Crippen LogP contribution in [0.4, 0.5) is 5.69 Å². The lowest BCUT2D eigenvalue weighted by Gasteiger charge is -2.31. The molecule has 0 N–H and O–H groups in total. The molecule has 0 atom stereocenters. The molecule has 0 amide bonds. The molecule has 0 bridgehead atoms. The van der Waals surface area contributed by atoms with Crippen molar-refractivity contribution in [1.29, 1.82) is 0 Å². The van der Waals surface area contributed by atoms with Gasteiger partial charge in [0.2, 0.25) is 0 Å². The Hall–Kier alpha value is -2.63. The van der Waals surface area contributed by atoms with Crippen LogP contribution in [0, 0.1) is 13.8 Å². The van der Waals surface area contributed by atoms with E-state index in [1.807, 2.05) is 13.0 Å². The zero-order chi connectivity index (χ0) is 20.4. The highest BCUT2D eigenvalue weighted by Crippen LogP contribution is 2.25. The van der Waals surface area contributed by atoms with Crippen LogP contribution < -0.4 is 10.5 Å². The molecular weight excluding hydrogens is 364 g/mol. The maximum atomic E-state index is 12.1. The molecule has 3 aromatic rings. The van der Waals surface area contributed by atoms with Gasteiger partial charge in [0.15, 0.2) is 0 Å². The first-order valence-electron chi connectivity index (χ1n) is 10.1. The average Bonchev–Trinajstić information content (AvgIpc) is 2.70. The van der Waals surface area contributed by atoms with Crippen molar-refractivity contribution in [1.82, 2.24) is 4.90 Å². The minimum atomic E-state index is -0.294. The third kappa shape index (κ3) is 4.36. The fraction of sp³-hybridized carbons (Fsp3) is 0.375. The first kappa shape index (κ1) is 19.7. The second-order valence-electron chi connectivity index (χ2n) is 7.92. The van der Waals surface area contributed by atoms with Crippen LogP contribution in [-0.2, 0) is 17.8 Å². The summed E-state index contributed by atoms with van der Waals surface area (Å²) in [5, 5.41) is 1.01. The number of rotatable bonds is 5. The van der Waals surface area contributed by atoms with E-state index in [4.69, 9.17) is 9.15 Å². The molecule has 0 saturated carbocycles. The van der Waals surface area contributed by atoms with Crippen molar-refractivity contribution in [3.05, 3.63) is 75.1 Å². The first-order chi connectivity index (χ1) is 14.0. The average molecular weight is 392 g/mol. The van der Waals surface area contributed by atoms with Crippen molar-refractivity contribution in [3.63, 3.8) is 0 Å². The lowest BCUT2D eigenvalue weighted by molar-refractivity contribution is 0.122. The van der Waals surface area contributed by atoms with Gasteiger partial charge < -0.3 is 14.1 Å². The molecule has 0 unspecified atom stereocenters. The topological polar surface area (TPSA) is 45.9 Å². The Balaban J connectivity index is 1.59. The van der Waals surface area contributed by atoms with Crippen molar-refractivity contribution in [3.8, 4) is 0 Å². The van der Waals surface area contributed by atoms with E-state index in [0.717, 1.165) is 49.4 Å². The van der Waals surface area contributed by atoms with Gasteiger partial charge in [-0.25, -0.2) is 4.79 Å². The second kappa shape index (κ2) is 8.39. The molecular formula is C24H28N2O3. The van der Waals surface area contributed by atoms with Crippen LogP contribution in [0.25, 0.3) is 11.0 Å². The van der Waals surface area contributed by atoms with Crippen molar-refractivity contribution >= 4 is 16.7 Å². The Morgan fingerprint density at radius 1 is 0.966 bits per heavy atom. The van der Waals surface area contributed by atoms with Gasteiger partial charge in [-0.15, -0.1) is 0 Å². The number of fused-ring (bicyclic) bond motifs is 1. The summed E-state index contributed by atoms with van der Waals surface area (Å²) < 4.78 is 10.9. The van der Waals surface area contributed by atoms with Gasteiger partial charge in [0.1, 0.15) is 5.58 Å². The summed E-state index contributed by atoms with van der Waals surface area (Å²) in [6.45, 7) is 9.00. The summed E-state index contributed by atoms with van der Waals surface area (Å²) >= 11 is 0. The standard InChI is InChI=1S/C24H28N2O3/c1-17-12-21-20(14-24(27)29-23(21)13-18(17)2)16-25(3)15-19-6-4-5-7-22(19)26-8-10-28-11-9-26/h4-7,12-14H,8-11,15-16H2,1-3H3. The van der Waals surface area contributed by atoms with E-state index in [0.29, 0.717) is 12.1 Å². The molecule has 0 spiro atoms. The van der Waals surface area contributed by atoms with Gasteiger partial charge in [0.05, 0.1) is 13.2 Å². The summed E-state index contributed by atoms with van der Waals surface area (Å²) in [5.41, 5.74) is 6.27. The lowest BCUT2D eigenvalue weighted by Crippen LogP contribution is -2.37. The number of hydrogen-bond donors (Lipinski definition) is 0. The third-order valence-electron chi connectivity index (χ3n) is 5.67. The summed E-state index contributed by atoms with van der Waals surface area (Å²) in [7, 11) is 2.09. The molecule has 1 aliphatic heterocycles. The van der Waals surface area contributed by atoms with Crippen LogP contribution in [0.1, 0.15) is 22.3 Å². The Bertz CT molecular complexity index is 1070. The number of anilines is 1. The molecule has 2 heterocycles. The van der Waals surface area contributed by atoms with E-state index in [-0.39, 0.29) is 5.63 Å². The summed E-state index contributed by atoms with van der Waals surface area (Å²) in [4.78, 5) is 16.7. The molecule has 5 heteroatoms. The summed E-state index contributed by atoms with van der Waals surface area (Å²) in [5.74, 6) is 0. The molecule has 152 valence electrons. The molecule has 1 aromatic heterocycles. The number of aryl methyl sites for hydroxylation is 2. The molecule has 2 aromatic carbocycles. The van der Waals surface area contributed by atoms with Crippen LogP contribution in [0.3, 0.4) is 0 Å². The van der Waals surface area contributed by atoms with E-state index in [1.54, 1.807) is 6.07 Å². The van der Waals surface area contributed by atoms with Crippen LogP contribution in [0.15, 0.2) is 51.7 Å². The number of morpholine rings is 1. The fourth-order valence-corrected chi connectivity index (χ4v) is 4.01. The van der Waals surface area contributed by atoms with E-state index in [9.17, 15) is 4.79 Å². The SMILES string of the molecule is Cc1cc2oc(=O)cc(CN(C)Cc3ccccc3N3CCOCC3)c2cc1C. The monoisotopic (exact) mass is 392 g/mol. The number of hydrogen-bond acceptors (Lipinski definition) is 5. The van der Waals surface area contributed by atoms with Crippen molar-refractivity contribution < 1.29 is 9.15 Å². The number of ether oxygens (including phenoxy) is 1. The largest absolute Gasteiger partial charge is 0.423 e. The van der Waals surface area contributed by atoms with Crippen LogP contribution in [0.5, 0.6) is 0 Å². The lowest BCUT2D eigenvalue weighted by atomic mass is 10.0. The van der Waals surface area contributed by atoms with Crippen LogP contribution in [-0.4, -0.2) is 38.3 Å². The van der Waals surface area contributed by atoms with E-state index >= 15 is 0 Å². The first-order valence-corrected chi connectivity index (χ1v) is 10.1. The van der Waals surface area contributed by atoms with Crippen LogP contribution in [0.2, 0.25) is 0 Å². The maximum Gasteiger partial charge on any atom is 0.336 e. The molecule has 0 radical (unpaired) electrons. The molecule has 1 fully saturated rings. The predicted octanol–water partition coefficient (Wildman–Crippen LogP) is 3.88. The van der Waals surface area contributed by atoms with Gasteiger partial charge in [-0.2, -0.15) is 0 Å². The number of para-hydroxylation sites is 1. The van der Waals surface area contributed by atoms with Gasteiger partial charge in [-0.05, 0) is 61.3 Å². The number of nitrogens with zero attached hydrogens (tertiary/aromatic N) is 2. The molecule has 4 rings (SSSR count). The zero-order valence-electron chi connectivity index (χ0n) is 17.4. The molecule has 0 aliphatic carbocycles. The van der Waals surface area contributed by atoms with Crippen molar-refractivity contribution in [2.75, 3.05) is 38.3 Å². The van der Waals surface area contributed by atoms with Crippen molar-refractivity contribution in [2.45, 2.75) is 26.9 Å². The summed E-state index contributed by atoms with van der Waals surface area (Å²) in [6, 6.07) is 14.3. The zero-order valence-corrected chi connectivity index (χ0v) is 17.4. The third-order valence-corrected chi connectivity index (χ3v) is 5.67. The highest BCUT2D eigenvalue weighted by atomic mass is 16.5. The van der Waals surface area contributed by atoms with E-state index in [1.165, 1.54) is 16.8 Å². The van der Waals surface area contributed by atoms with Gasteiger partial charge in [-0.3, -0.25) is 4.90 Å². The second-order valence-corrected chi connectivity index (χ2v) is 7.92. The quantitative estimate of drug-likeness (QED) is 0.617. The van der Waals surface area contributed by atoms with E-state index in [2.05, 4.69) is 54.1 Å². The van der Waals surface area contributed by atoms with Crippen molar-refractivity contribution in [2.24, 2.45) is 0 Å². The molecule has 1 saturated heterocycles. The van der Waals surface area contributed by atoms with Gasteiger partial charge in [-0.1, -0.05) is 18.2 Å². The predicted molar refractivity (Wildman–Crippen MR) is 117 cm³/mol. The Kier molecular flexibility index (Phi) is 5.69. The normalized spacial score (nSPS) is 14.7. The Morgan fingerprint density at radius 2 is 1.66 bits per heavy atom.